The van der Waals surface area contributed by atoms with Crippen molar-refractivity contribution in [2.24, 2.45) is 10.8 Å². The molecule has 2 atom stereocenters. The molecule has 1 amide bonds. The van der Waals surface area contributed by atoms with Gasteiger partial charge in [-0.2, -0.15) is 0 Å². The quantitative estimate of drug-likeness (QED) is 0.808. The van der Waals surface area contributed by atoms with Crippen molar-refractivity contribution in [1.29, 1.82) is 0 Å². The molecule has 0 bridgehead atoms. The van der Waals surface area contributed by atoms with E-state index in [1.165, 1.54) is 0 Å². The van der Waals surface area contributed by atoms with Crippen molar-refractivity contribution in [3.8, 4) is 0 Å². The normalized spacial score (nSPS) is 30.6. The van der Waals surface area contributed by atoms with Gasteiger partial charge in [0.2, 0.25) is 5.91 Å². The Morgan fingerprint density at radius 2 is 1.90 bits per heavy atom. The number of carboxylic acids is 1. The van der Waals surface area contributed by atoms with Gasteiger partial charge in [0.1, 0.15) is 0 Å². The zero-order valence-electron chi connectivity index (χ0n) is 12.6. The van der Waals surface area contributed by atoms with Crippen LogP contribution >= 0.6 is 0 Å². The van der Waals surface area contributed by atoms with Crippen molar-refractivity contribution < 1.29 is 19.4 Å². The van der Waals surface area contributed by atoms with Crippen molar-refractivity contribution in [2.45, 2.75) is 64.5 Å². The summed E-state index contributed by atoms with van der Waals surface area (Å²) in [6.45, 7) is 4.14. The molecule has 2 aliphatic carbocycles. The molecule has 0 heterocycles. The van der Waals surface area contributed by atoms with Gasteiger partial charge < -0.3 is 15.2 Å². The van der Waals surface area contributed by atoms with Gasteiger partial charge in [-0.3, -0.25) is 9.59 Å². The van der Waals surface area contributed by atoms with E-state index in [1.54, 1.807) is 7.11 Å². The van der Waals surface area contributed by atoms with Crippen LogP contribution in [-0.4, -0.2) is 36.2 Å². The Labute approximate surface area is 120 Å². The molecule has 5 nitrogen and oxygen atoms in total. The second kappa shape index (κ2) is 5.35. The number of methoxy groups -OCH3 is 1. The summed E-state index contributed by atoms with van der Waals surface area (Å²) < 4.78 is 5.36. The summed E-state index contributed by atoms with van der Waals surface area (Å²) in [4.78, 5) is 23.6. The van der Waals surface area contributed by atoms with Crippen LogP contribution in [0.15, 0.2) is 0 Å². The maximum absolute atomic E-state index is 12.2. The molecule has 2 fully saturated rings. The van der Waals surface area contributed by atoms with E-state index >= 15 is 0 Å². The van der Waals surface area contributed by atoms with Gasteiger partial charge in [-0.25, -0.2) is 0 Å². The molecule has 2 rings (SSSR count). The lowest BCUT2D eigenvalue weighted by molar-refractivity contribution is -0.153. The highest BCUT2D eigenvalue weighted by Crippen LogP contribution is 2.44. The molecular weight excluding hydrogens is 258 g/mol. The highest BCUT2D eigenvalue weighted by Gasteiger charge is 2.50. The van der Waals surface area contributed by atoms with Crippen LogP contribution in [0, 0.1) is 10.8 Å². The lowest BCUT2D eigenvalue weighted by atomic mass is 9.64. The SMILES string of the molecule is COC1CC(NC(=O)CC2(C(=O)O)CCCC2)C1(C)C. The Morgan fingerprint density at radius 3 is 2.35 bits per heavy atom. The first kappa shape index (κ1) is 15.3. The van der Waals surface area contributed by atoms with E-state index in [1.807, 2.05) is 0 Å². The lowest BCUT2D eigenvalue weighted by Gasteiger charge is -2.51. The Balaban J connectivity index is 1.92. The topological polar surface area (TPSA) is 75.6 Å². The summed E-state index contributed by atoms with van der Waals surface area (Å²) >= 11 is 0. The summed E-state index contributed by atoms with van der Waals surface area (Å²) in [5.74, 6) is -0.963. The first-order valence-corrected chi connectivity index (χ1v) is 7.37. The molecule has 0 saturated heterocycles. The van der Waals surface area contributed by atoms with Crippen LogP contribution in [0.4, 0.5) is 0 Å². The first-order chi connectivity index (χ1) is 9.32. The molecule has 2 N–H and O–H groups in total. The third-order valence-electron chi connectivity index (χ3n) is 5.31. The van der Waals surface area contributed by atoms with Gasteiger partial charge in [-0.15, -0.1) is 0 Å². The molecule has 0 aliphatic heterocycles. The highest BCUT2D eigenvalue weighted by molar-refractivity contribution is 5.85. The molecule has 0 spiro atoms. The molecular formula is C15H25NO4. The highest BCUT2D eigenvalue weighted by atomic mass is 16.5. The fourth-order valence-electron chi connectivity index (χ4n) is 3.60. The number of carbonyl (C=O) groups is 2. The van der Waals surface area contributed by atoms with Crippen LogP contribution < -0.4 is 5.32 Å². The van der Waals surface area contributed by atoms with Crippen molar-refractivity contribution in [2.75, 3.05) is 7.11 Å². The second-order valence-electron chi connectivity index (χ2n) is 6.87. The fraction of sp³-hybridized carbons (Fsp3) is 0.867. The predicted octanol–water partition coefficient (Wildman–Crippen LogP) is 1.95. The van der Waals surface area contributed by atoms with E-state index in [2.05, 4.69) is 19.2 Å². The van der Waals surface area contributed by atoms with Crippen LogP contribution in [0.25, 0.3) is 0 Å². The average Bonchev–Trinajstić information content (AvgIpc) is 2.83. The molecule has 2 aliphatic rings. The second-order valence-corrected chi connectivity index (χ2v) is 6.87. The van der Waals surface area contributed by atoms with E-state index in [0.717, 1.165) is 19.3 Å². The standard InChI is InChI=1S/C15H25NO4/c1-14(2)10(8-11(14)20-3)16-12(17)9-15(13(18)19)6-4-5-7-15/h10-11H,4-9H2,1-3H3,(H,16,17)(H,18,19). The number of ether oxygens (including phenoxy) is 1. The van der Waals surface area contributed by atoms with E-state index in [-0.39, 0.29) is 29.9 Å². The number of rotatable bonds is 5. The van der Waals surface area contributed by atoms with Gasteiger partial charge >= 0.3 is 5.97 Å². The molecule has 114 valence electrons. The number of carbonyl (C=O) groups excluding carboxylic acids is 1. The summed E-state index contributed by atoms with van der Waals surface area (Å²) in [6, 6.07) is 0.0761. The third-order valence-corrected chi connectivity index (χ3v) is 5.31. The van der Waals surface area contributed by atoms with Crippen LogP contribution in [0.3, 0.4) is 0 Å². The largest absolute Gasteiger partial charge is 0.481 e. The molecule has 0 aromatic carbocycles. The van der Waals surface area contributed by atoms with Crippen LogP contribution in [0.5, 0.6) is 0 Å². The van der Waals surface area contributed by atoms with Crippen molar-refractivity contribution in [3.63, 3.8) is 0 Å². The minimum absolute atomic E-state index is 0.0761. The minimum atomic E-state index is -0.835. The van der Waals surface area contributed by atoms with Gasteiger partial charge in [0.05, 0.1) is 11.5 Å². The van der Waals surface area contributed by atoms with E-state index < -0.39 is 11.4 Å². The smallest absolute Gasteiger partial charge is 0.310 e. The Kier molecular flexibility index (Phi) is 4.09. The lowest BCUT2D eigenvalue weighted by Crippen LogP contribution is -2.62. The van der Waals surface area contributed by atoms with Crippen molar-refractivity contribution in [1.82, 2.24) is 5.32 Å². The maximum Gasteiger partial charge on any atom is 0.310 e. The zero-order chi connectivity index (χ0) is 15.0. The van der Waals surface area contributed by atoms with Crippen LogP contribution in [-0.2, 0) is 14.3 Å². The summed E-state index contributed by atoms with van der Waals surface area (Å²) in [5.41, 5.74) is -0.922. The monoisotopic (exact) mass is 283 g/mol. The summed E-state index contributed by atoms with van der Waals surface area (Å²) in [6.07, 6.45) is 4.10. The molecule has 5 heteroatoms. The van der Waals surface area contributed by atoms with Crippen molar-refractivity contribution >= 4 is 11.9 Å². The molecule has 2 unspecified atom stereocenters. The average molecular weight is 283 g/mol. The third kappa shape index (κ3) is 2.55. The number of hydrogen-bond donors (Lipinski definition) is 2. The van der Waals surface area contributed by atoms with Crippen LogP contribution in [0.1, 0.15) is 52.4 Å². The van der Waals surface area contributed by atoms with Crippen LogP contribution in [0.2, 0.25) is 0 Å². The van der Waals surface area contributed by atoms with E-state index in [9.17, 15) is 14.7 Å². The molecule has 0 aromatic heterocycles. The van der Waals surface area contributed by atoms with Crippen molar-refractivity contribution in [3.05, 3.63) is 0 Å². The molecule has 2 saturated carbocycles. The number of hydrogen-bond acceptors (Lipinski definition) is 3. The van der Waals surface area contributed by atoms with Gasteiger partial charge in [-0.05, 0) is 19.3 Å². The minimum Gasteiger partial charge on any atom is -0.481 e. The number of nitrogens with one attached hydrogen (secondary N) is 1. The maximum atomic E-state index is 12.2. The van der Waals surface area contributed by atoms with Gasteiger partial charge in [0.25, 0.3) is 0 Å². The Hall–Kier alpha value is -1.10. The van der Waals surface area contributed by atoms with E-state index in [4.69, 9.17) is 4.74 Å². The molecule has 0 radical (unpaired) electrons. The number of amides is 1. The first-order valence-electron chi connectivity index (χ1n) is 7.37. The van der Waals surface area contributed by atoms with Gasteiger partial charge in [0, 0.05) is 25.0 Å². The zero-order valence-corrected chi connectivity index (χ0v) is 12.6. The molecule has 20 heavy (non-hydrogen) atoms. The van der Waals surface area contributed by atoms with Gasteiger partial charge in [-0.1, -0.05) is 26.7 Å². The fourth-order valence-corrected chi connectivity index (χ4v) is 3.60. The summed E-state index contributed by atoms with van der Waals surface area (Å²) in [5, 5.41) is 12.4. The Morgan fingerprint density at radius 1 is 1.30 bits per heavy atom. The molecule has 0 aromatic rings. The predicted molar refractivity (Wildman–Crippen MR) is 74.3 cm³/mol. The number of aliphatic carboxylic acids is 1. The van der Waals surface area contributed by atoms with Gasteiger partial charge in [0.15, 0.2) is 0 Å². The Bertz CT molecular complexity index is 399. The van der Waals surface area contributed by atoms with E-state index in [0.29, 0.717) is 12.8 Å². The summed E-state index contributed by atoms with van der Waals surface area (Å²) in [7, 11) is 1.68. The number of carboxylic acid groups (broad SMARTS) is 1.